The van der Waals surface area contributed by atoms with Gasteiger partial charge in [-0.05, 0) is 27.2 Å². The maximum Gasteiger partial charge on any atom is 0.104 e. The molecule has 0 aromatic carbocycles. The lowest BCUT2D eigenvalue weighted by Crippen LogP contribution is -2.55. The van der Waals surface area contributed by atoms with Crippen molar-refractivity contribution in [3.63, 3.8) is 0 Å². The van der Waals surface area contributed by atoms with Crippen LogP contribution in [0, 0.1) is 17.8 Å². The Morgan fingerprint density at radius 3 is 2.80 bits per heavy atom. The summed E-state index contributed by atoms with van der Waals surface area (Å²) < 4.78 is 0. The van der Waals surface area contributed by atoms with Crippen LogP contribution >= 0.6 is 11.8 Å². The van der Waals surface area contributed by atoms with Crippen molar-refractivity contribution in [1.29, 1.82) is 0 Å². The first-order chi connectivity index (χ1) is 9.60. The van der Waals surface area contributed by atoms with Gasteiger partial charge in [0.15, 0.2) is 0 Å². The number of aliphatic hydroxyl groups excluding tert-OH is 1. The smallest absolute Gasteiger partial charge is 0.104 e. The van der Waals surface area contributed by atoms with Gasteiger partial charge in [-0.15, -0.1) is 0 Å². The summed E-state index contributed by atoms with van der Waals surface area (Å²) in [5, 5.41) is 9.49. The van der Waals surface area contributed by atoms with E-state index in [2.05, 4.69) is 54.2 Å². The second-order valence-corrected chi connectivity index (χ2v) is 7.64. The summed E-state index contributed by atoms with van der Waals surface area (Å²) in [6, 6.07) is 1.33. The maximum atomic E-state index is 8.76. The van der Waals surface area contributed by atoms with E-state index in [1.54, 1.807) is 0 Å². The molecule has 2 fully saturated rings. The fourth-order valence-electron chi connectivity index (χ4n) is 3.39. The van der Waals surface area contributed by atoms with Gasteiger partial charge in [0.05, 0.1) is 0 Å². The molecule has 0 aromatic heterocycles. The van der Waals surface area contributed by atoms with Gasteiger partial charge in [0.1, 0.15) is 6.61 Å². The van der Waals surface area contributed by atoms with Gasteiger partial charge in [0, 0.05) is 55.2 Å². The third kappa shape index (κ3) is 4.39. The second kappa shape index (κ2) is 7.70. The van der Waals surface area contributed by atoms with Gasteiger partial charge in [-0.3, -0.25) is 9.80 Å². The largest absolute Gasteiger partial charge is 0.384 e. The molecule has 2 heterocycles. The van der Waals surface area contributed by atoms with Gasteiger partial charge in [0.2, 0.25) is 0 Å². The first kappa shape index (κ1) is 16.2. The molecule has 2 saturated heterocycles. The van der Waals surface area contributed by atoms with Crippen LogP contribution in [-0.4, -0.2) is 70.8 Å². The quantitative estimate of drug-likeness (QED) is 0.799. The summed E-state index contributed by atoms with van der Waals surface area (Å²) in [6.07, 6.45) is 1.19. The van der Waals surface area contributed by atoms with E-state index in [4.69, 9.17) is 5.11 Å². The summed E-state index contributed by atoms with van der Waals surface area (Å²) in [6.45, 7) is 11.7. The highest BCUT2D eigenvalue weighted by Crippen LogP contribution is 2.32. The average molecular weight is 296 g/mol. The zero-order chi connectivity index (χ0) is 14.5. The van der Waals surface area contributed by atoms with Gasteiger partial charge < -0.3 is 5.11 Å². The van der Waals surface area contributed by atoms with Crippen LogP contribution in [-0.2, 0) is 0 Å². The Bertz CT molecular complexity index is 363. The van der Waals surface area contributed by atoms with Crippen LogP contribution in [0.25, 0.3) is 0 Å². The molecule has 3 atom stereocenters. The zero-order valence-electron chi connectivity index (χ0n) is 13.0. The first-order valence-electron chi connectivity index (χ1n) is 7.79. The van der Waals surface area contributed by atoms with E-state index in [1.165, 1.54) is 32.6 Å². The third-order valence-electron chi connectivity index (χ3n) is 4.35. The van der Waals surface area contributed by atoms with Crippen molar-refractivity contribution in [2.24, 2.45) is 5.92 Å². The molecule has 20 heavy (non-hydrogen) atoms. The van der Waals surface area contributed by atoms with E-state index in [-0.39, 0.29) is 6.61 Å². The summed E-state index contributed by atoms with van der Waals surface area (Å²) in [5.74, 6) is 7.62. The fourth-order valence-corrected chi connectivity index (χ4v) is 4.80. The normalized spacial score (nSPS) is 32.4. The number of aliphatic hydroxyl groups is 1. The standard InChI is InChI=1S/C16H28N2OS/c1-13(2)18-7-6-17(10-14(18)3)11-16-9-15(12-20-16)5-4-8-19/h13-16,19H,6-12H2,1-3H3. The zero-order valence-corrected chi connectivity index (χ0v) is 13.8. The number of thioether (sulfide) groups is 1. The molecule has 0 radical (unpaired) electrons. The summed E-state index contributed by atoms with van der Waals surface area (Å²) in [4.78, 5) is 5.23. The molecular formula is C16H28N2OS. The number of hydrogen-bond acceptors (Lipinski definition) is 4. The Labute approximate surface area is 128 Å². The Morgan fingerprint density at radius 1 is 1.35 bits per heavy atom. The SMILES string of the molecule is CC(C)N1CCN(CC2CC(C#CCO)CS2)CC1C. The Hall–Kier alpha value is -0.210. The van der Waals surface area contributed by atoms with Gasteiger partial charge in [0.25, 0.3) is 0 Å². The molecule has 0 bridgehead atoms. The van der Waals surface area contributed by atoms with E-state index >= 15 is 0 Å². The lowest BCUT2D eigenvalue weighted by Gasteiger charge is -2.42. The maximum absolute atomic E-state index is 8.76. The summed E-state index contributed by atoms with van der Waals surface area (Å²) >= 11 is 2.06. The molecule has 114 valence electrons. The highest BCUT2D eigenvalue weighted by atomic mass is 32.2. The molecule has 4 heteroatoms. The van der Waals surface area contributed by atoms with Crippen LogP contribution in [0.4, 0.5) is 0 Å². The average Bonchev–Trinajstić information content (AvgIpc) is 2.83. The molecule has 0 aliphatic carbocycles. The predicted octanol–water partition coefficient (Wildman–Crippen LogP) is 1.52. The van der Waals surface area contributed by atoms with Crippen LogP contribution in [0.2, 0.25) is 0 Å². The molecule has 2 aliphatic rings. The van der Waals surface area contributed by atoms with E-state index in [0.717, 1.165) is 11.0 Å². The summed E-state index contributed by atoms with van der Waals surface area (Å²) in [5.41, 5.74) is 0. The van der Waals surface area contributed by atoms with Crippen LogP contribution in [0.5, 0.6) is 0 Å². The minimum atomic E-state index is 0.000506. The predicted molar refractivity (Wildman–Crippen MR) is 87.0 cm³/mol. The van der Waals surface area contributed by atoms with E-state index < -0.39 is 0 Å². The highest BCUT2D eigenvalue weighted by molar-refractivity contribution is 8.00. The van der Waals surface area contributed by atoms with Crippen molar-refractivity contribution in [1.82, 2.24) is 9.80 Å². The van der Waals surface area contributed by atoms with Gasteiger partial charge in [-0.25, -0.2) is 0 Å². The number of nitrogens with zero attached hydrogens (tertiary/aromatic N) is 2. The first-order valence-corrected chi connectivity index (χ1v) is 8.84. The third-order valence-corrected chi connectivity index (χ3v) is 5.76. The van der Waals surface area contributed by atoms with Crippen LogP contribution in [0.3, 0.4) is 0 Å². The van der Waals surface area contributed by atoms with Crippen LogP contribution < -0.4 is 0 Å². The second-order valence-electron chi connectivity index (χ2n) is 6.31. The molecule has 0 spiro atoms. The summed E-state index contributed by atoms with van der Waals surface area (Å²) in [7, 11) is 0. The van der Waals surface area contributed by atoms with E-state index in [9.17, 15) is 0 Å². The van der Waals surface area contributed by atoms with Crippen molar-refractivity contribution < 1.29 is 5.11 Å². The Morgan fingerprint density at radius 2 is 2.15 bits per heavy atom. The van der Waals surface area contributed by atoms with Crippen molar-refractivity contribution >= 4 is 11.8 Å². The molecule has 0 aromatic rings. The van der Waals surface area contributed by atoms with E-state index in [1.807, 2.05) is 0 Å². The monoisotopic (exact) mass is 296 g/mol. The van der Waals surface area contributed by atoms with Gasteiger partial charge in [-0.2, -0.15) is 11.8 Å². The van der Waals surface area contributed by atoms with Crippen LogP contribution in [0.1, 0.15) is 27.2 Å². The minimum Gasteiger partial charge on any atom is -0.384 e. The topological polar surface area (TPSA) is 26.7 Å². The Kier molecular flexibility index (Phi) is 6.22. The van der Waals surface area contributed by atoms with Crippen molar-refractivity contribution in [2.75, 3.05) is 38.5 Å². The minimum absolute atomic E-state index is 0.000506. The van der Waals surface area contributed by atoms with Gasteiger partial charge >= 0.3 is 0 Å². The van der Waals surface area contributed by atoms with Crippen LogP contribution in [0.15, 0.2) is 0 Å². The molecule has 0 saturated carbocycles. The lowest BCUT2D eigenvalue weighted by molar-refractivity contribution is 0.0604. The van der Waals surface area contributed by atoms with Crippen molar-refractivity contribution in [2.45, 2.75) is 44.5 Å². The fraction of sp³-hybridized carbons (Fsp3) is 0.875. The molecular weight excluding hydrogens is 268 g/mol. The van der Waals surface area contributed by atoms with E-state index in [0.29, 0.717) is 18.0 Å². The van der Waals surface area contributed by atoms with Gasteiger partial charge in [-0.1, -0.05) is 11.8 Å². The molecule has 3 unspecified atom stereocenters. The Balaban J connectivity index is 1.76. The molecule has 2 rings (SSSR count). The highest BCUT2D eigenvalue weighted by Gasteiger charge is 2.30. The van der Waals surface area contributed by atoms with Crippen molar-refractivity contribution in [3.05, 3.63) is 0 Å². The molecule has 3 nitrogen and oxygen atoms in total. The molecule has 0 amide bonds. The molecule has 2 aliphatic heterocycles. The number of rotatable bonds is 3. The number of piperazine rings is 1. The number of hydrogen-bond donors (Lipinski definition) is 1. The molecule has 1 N–H and O–H groups in total. The lowest BCUT2D eigenvalue weighted by atomic mass is 10.1. The van der Waals surface area contributed by atoms with Crippen molar-refractivity contribution in [3.8, 4) is 11.8 Å².